The number of ether oxygens (including phenoxy) is 2. The molecule has 0 saturated carbocycles. The third-order valence-corrected chi connectivity index (χ3v) is 4.87. The monoisotopic (exact) mass is 350 g/mol. The van der Waals surface area contributed by atoms with Crippen molar-refractivity contribution in [2.75, 3.05) is 14.2 Å². The first-order valence-electron chi connectivity index (χ1n) is 7.75. The van der Waals surface area contributed by atoms with Crippen LogP contribution in [0.1, 0.15) is 15.9 Å². The molecule has 0 aliphatic heterocycles. The normalized spacial score (nSPS) is 10.3. The summed E-state index contributed by atoms with van der Waals surface area (Å²) in [6.45, 7) is 4.07. The predicted molar refractivity (Wildman–Crippen MR) is 103 cm³/mol. The summed E-state index contributed by atoms with van der Waals surface area (Å²) < 4.78 is 10.7. The standard InChI is InChI=1S/C21H18O3S/c1-14(15-8-4-5-9-16(15)19-12-7-13-25-19)21(22)20-17(23-2)10-6-11-18(20)24-3/h4-13H,1H2,2-3H3. The van der Waals surface area contributed by atoms with E-state index >= 15 is 0 Å². The van der Waals surface area contributed by atoms with Crippen LogP contribution in [0.25, 0.3) is 16.0 Å². The number of rotatable bonds is 6. The van der Waals surface area contributed by atoms with Crippen LogP contribution in [0.3, 0.4) is 0 Å². The molecule has 0 aliphatic rings. The quantitative estimate of drug-likeness (QED) is 0.445. The smallest absolute Gasteiger partial charge is 0.200 e. The number of Topliss-reactive ketones (excluding diaryl/α,β-unsaturated/α-hetero) is 1. The molecule has 0 fully saturated rings. The molecule has 25 heavy (non-hydrogen) atoms. The van der Waals surface area contributed by atoms with E-state index in [9.17, 15) is 4.79 Å². The van der Waals surface area contributed by atoms with Crippen LogP contribution in [0.15, 0.2) is 66.6 Å². The predicted octanol–water partition coefficient (Wildman–Crippen LogP) is 5.33. The second kappa shape index (κ2) is 7.36. The number of methoxy groups -OCH3 is 2. The summed E-state index contributed by atoms with van der Waals surface area (Å²) in [5, 5.41) is 2.01. The van der Waals surface area contributed by atoms with Crippen LogP contribution in [0.4, 0.5) is 0 Å². The molecule has 0 spiro atoms. The largest absolute Gasteiger partial charge is 0.496 e. The average molecular weight is 350 g/mol. The van der Waals surface area contributed by atoms with E-state index in [1.54, 1.807) is 29.5 Å². The number of ketones is 1. The fourth-order valence-corrected chi connectivity index (χ4v) is 3.51. The fraction of sp³-hybridized carbons (Fsp3) is 0.0952. The van der Waals surface area contributed by atoms with Gasteiger partial charge in [0.25, 0.3) is 0 Å². The van der Waals surface area contributed by atoms with Crippen LogP contribution in [-0.4, -0.2) is 20.0 Å². The van der Waals surface area contributed by atoms with Crippen molar-refractivity contribution in [3.63, 3.8) is 0 Å². The van der Waals surface area contributed by atoms with E-state index in [4.69, 9.17) is 9.47 Å². The zero-order valence-corrected chi connectivity index (χ0v) is 14.9. The van der Waals surface area contributed by atoms with Crippen molar-refractivity contribution in [1.82, 2.24) is 0 Å². The molecule has 2 aromatic carbocycles. The van der Waals surface area contributed by atoms with Crippen LogP contribution >= 0.6 is 11.3 Å². The van der Waals surface area contributed by atoms with Gasteiger partial charge in [-0.3, -0.25) is 4.79 Å². The molecular formula is C21H18O3S. The van der Waals surface area contributed by atoms with Crippen molar-refractivity contribution in [1.29, 1.82) is 0 Å². The molecule has 0 amide bonds. The Bertz CT molecular complexity index is 888. The maximum Gasteiger partial charge on any atom is 0.200 e. The highest BCUT2D eigenvalue weighted by Gasteiger charge is 2.23. The van der Waals surface area contributed by atoms with Crippen molar-refractivity contribution >= 4 is 22.7 Å². The Hall–Kier alpha value is -2.85. The van der Waals surface area contributed by atoms with Crippen molar-refractivity contribution in [2.45, 2.75) is 0 Å². The number of thiophene rings is 1. The minimum Gasteiger partial charge on any atom is -0.496 e. The van der Waals surface area contributed by atoms with Gasteiger partial charge in [-0.05, 0) is 34.7 Å². The maximum absolute atomic E-state index is 13.2. The van der Waals surface area contributed by atoms with E-state index < -0.39 is 0 Å². The van der Waals surface area contributed by atoms with Crippen LogP contribution in [0.5, 0.6) is 11.5 Å². The van der Waals surface area contributed by atoms with Crippen LogP contribution < -0.4 is 9.47 Å². The van der Waals surface area contributed by atoms with Crippen molar-refractivity contribution < 1.29 is 14.3 Å². The zero-order valence-electron chi connectivity index (χ0n) is 14.1. The Morgan fingerprint density at radius 2 is 1.60 bits per heavy atom. The van der Waals surface area contributed by atoms with E-state index in [2.05, 4.69) is 6.58 Å². The number of hydrogen-bond acceptors (Lipinski definition) is 4. The first-order valence-corrected chi connectivity index (χ1v) is 8.63. The van der Waals surface area contributed by atoms with E-state index in [-0.39, 0.29) is 5.78 Å². The number of hydrogen-bond donors (Lipinski definition) is 0. The topological polar surface area (TPSA) is 35.5 Å². The summed E-state index contributed by atoms with van der Waals surface area (Å²) >= 11 is 1.63. The molecule has 0 N–H and O–H groups in total. The molecule has 3 rings (SSSR count). The van der Waals surface area contributed by atoms with Crippen LogP contribution in [-0.2, 0) is 0 Å². The highest BCUT2D eigenvalue weighted by atomic mass is 32.1. The second-order valence-electron chi connectivity index (χ2n) is 5.37. The Labute approximate surface area is 151 Å². The van der Waals surface area contributed by atoms with Gasteiger partial charge in [-0.25, -0.2) is 0 Å². The number of carbonyl (C=O) groups is 1. The first kappa shape index (κ1) is 17.0. The third kappa shape index (κ3) is 3.21. The molecule has 3 aromatic rings. The van der Waals surface area contributed by atoms with Gasteiger partial charge >= 0.3 is 0 Å². The lowest BCUT2D eigenvalue weighted by Gasteiger charge is -2.15. The summed E-state index contributed by atoms with van der Waals surface area (Å²) in [5.74, 6) is 0.733. The van der Waals surface area contributed by atoms with Crippen LogP contribution in [0.2, 0.25) is 0 Å². The second-order valence-corrected chi connectivity index (χ2v) is 6.32. The molecule has 0 radical (unpaired) electrons. The molecule has 3 nitrogen and oxygen atoms in total. The molecule has 1 aromatic heterocycles. The molecule has 0 saturated heterocycles. The summed E-state index contributed by atoms with van der Waals surface area (Å²) in [7, 11) is 3.07. The average Bonchev–Trinajstić information content (AvgIpc) is 3.20. The van der Waals surface area contributed by atoms with E-state index in [0.29, 0.717) is 22.6 Å². The SMILES string of the molecule is C=C(C(=O)c1c(OC)cccc1OC)c1ccccc1-c1cccs1. The lowest BCUT2D eigenvalue weighted by molar-refractivity contribution is 0.105. The number of benzene rings is 2. The highest BCUT2D eigenvalue weighted by molar-refractivity contribution is 7.13. The Morgan fingerprint density at radius 1 is 0.920 bits per heavy atom. The minimum absolute atomic E-state index is 0.210. The summed E-state index contributed by atoms with van der Waals surface area (Å²) in [6, 6.07) is 17.1. The van der Waals surface area contributed by atoms with Gasteiger partial charge in [-0.1, -0.05) is 43.0 Å². The summed E-state index contributed by atoms with van der Waals surface area (Å²) in [5.41, 5.74) is 2.60. The van der Waals surface area contributed by atoms with Gasteiger partial charge in [-0.2, -0.15) is 0 Å². The zero-order chi connectivity index (χ0) is 17.8. The molecule has 0 bridgehead atoms. The Balaban J connectivity index is 2.08. The van der Waals surface area contributed by atoms with Gasteiger partial charge in [0.15, 0.2) is 0 Å². The molecule has 4 heteroatoms. The molecular weight excluding hydrogens is 332 g/mol. The molecule has 1 heterocycles. The molecule has 0 unspecified atom stereocenters. The van der Waals surface area contributed by atoms with Gasteiger partial charge in [0, 0.05) is 10.5 Å². The minimum atomic E-state index is -0.210. The molecule has 0 atom stereocenters. The van der Waals surface area contributed by atoms with Gasteiger partial charge in [0.1, 0.15) is 17.1 Å². The van der Waals surface area contributed by atoms with Crippen molar-refractivity contribution in [2.24, 2.45) is 0 Å². The molecule has 126 valence electrons. The number of carbonyl (C=O) groups excluding carboxylic acids is 1. The third-order valence-electron chi connectivity index (χ3n) is 3.97. The van der Waals surface area contributed by atoms with Crippen molar-refractivity contribution in [3.8, 4) is 21.9 Å². The number of allylic oxidation sites excluding steroid dienone is 1. The van der Waals surface area contributed by atoms with Gasteiger partial charge in [0.05, 0.1) is 14.2 Å². The molecule has 0 aliphatic carbocycles. The van der Waals surface area contributed by atoms with E-state index in [1.807, 2.05) is 41.8 Å². The Kier molecular flexibility index (Phi) is 5.00. The van der Waals surface area contributed by atoms with Gasteiger partial charge < -0.3 is 9.47 Å². The van der Waals surface area contributed by atoms with Gasteiger partial charge in [-0.15, -0.1) is 11.3 Å². The fourth-order valence-electron chi connectivity index (χ4n) is 2.74. The highest BCUT2D eigenvalue weighted by Crippen LogP contribution is 2.36. The van der Waals surface area contributed by atoms with Gasteiger partial charge in [0.2, 0.25) is 5.78 Å². The van der Waals surface area contributed by atoms with Crippen LogP contribution in [0, 0.1) is 0 Å². The summed E-state index contributed by atoms with van der Waals surface area (Å²) in [6.07, 6.45) is 0. The Morgan fingerprint density at radius 3 is 2.20 bits per heavy atom. The maximum atomic E-state index is 13.2. The van der Waals surface area contributed by atoms with E-state index in [1.165, 1.54) is 14.2 Å². The lowest BCUT2D eigenvalue weighted by atomic mass is 9.93. The van der Waals surface area contributed by atoms with E-state index in [0.717, 1.165) is 16.0 Å². The van der Waals surface area contributed by atoms with Crippen molar-refractivity contribution in [3.05, 3.63) is 77.7 Å². The summed E-state index contributed by atoms with van der Waals surface area (Å²) in [4.78, 5) is 14.3. The lowest BCUT2D eigenvalue weighted by Crippen LogP contribution is -2.07. The first-order chi connectivity index (χ1) is 12.2.